The third-order valence-corrected chi connectivity index (χ3v) is 4.53. The molecule has 2 saturated heterocycles. The molecular weight excluding hydrogens is 227 g/mol. The van der Waals surface area contributed by atoms with Crippen LogP contribution in [0.1, 0.15) is 37.2 Å². The predicted molar refractivity (Wildman–Crippen MR) is 70.9 cm³/mol. The highest BCUT2D eigenvalue weighted by atomic mass is 19.1. The van der Waals surface area contributed by atoms with E-state index in [-0.39, 0.29) is 5.82 Å². The molecule has 2 heterocycles. The maximum absolute atomic E-state index is 13.8. The summed E-state index contributed by atoms with van der Waals surface area (Å²) >= 11 is 0. The van der Waals surface area contributed by atoms with E-state index >= 15 is 0 Å². The summed E-state index contributed by atoms with van der Waals surface area (Å²) in [7, 11) is 0. The Labute approximate surface area is 108 Å². The second kappa shape index (κ2) is 4.98. The van der Waals surface area contributed by atoms with Gasteiger partial charge in [0.2, 0.25) is 0 Å². The Hall–Kier alpha value is -0.930. The molecule has 0 amide bonds. The van der Waals surface area contributed by atoms with E-state index in [9.17, 15) is 4.39 Å². The van der Waals surface area contributed by atoms with Gasteiger partial charge >= 0.3 is 0 Å². The Morgan fingerprint density at radius 2 is 2.00 bits per heavy atom. The number of halogens is 1. The van der Waals surface area contributed by atoms with Crippen LogP contribution in [0.3, 0.4) is 0 Å². The zero-order valence-electron chi connectivity index (χ0n) is 10.7. The first kappa shape index (κ1) is 12.1. The van der Waals surface area contributed by atoms with Crippen LogP contribution in [-0.4, -0.2) is 30.1 Å². The summed E-state index contributed by atoms with van der Waals surface area (Å²) < 4.78 is 13.8. The summed E-state index contributed by atoms with van der Waals surface area (Å²) in [6, 6.07) is 8.23. The van der Waals surface area contributed by atoms with Gasteiger partial charge in [0.15, 0.2) is 0 Å². The number of fused-ring (bicyclic) bond motifs is 1. The highest BCUT2D eigenvalue weighted by Gasteiger charge is 2.33. The van der Waals surface area contributed by atoms with Crippen LogP contribution in [0, 0.1) is 5.82 Å². The first-order valence-electron chi connectivity index (χ1n) is 6.98. The first-order valence-corrected chi connectivity index (χ1v) is 6.98. The van der Waals surface area contributed by atoms with Crippen LogP contribution in [0.2, 0.25) is 0 Å². The zero-order chi connectivity index (χ0) is 12.5. The second-order valence-electron chi connectivity index (χ2n) is 5.73. The third kappa shape index (κ3) is 2.29. The van der Waals surface area contributed by atoms with Crippen molar-refractivity contribution in [3.63, 3.8) is 0 Å². The number of nitrogens with two attached hydrogens (primary N) is 1. The van der Waals surface area contributed by atoms with E-state index in [2.05, 4.69) is 4.90 Å². The number of hydrogen-bond donors (Lipinski definition) is 1. The molecule has 18 heavy (non-hydrogen) atoms. The van der Waals surface area contributed by atoms with Crippen molar-refractivity contribution in [2.24, 2.45) is 5.73 Å². The van der Waals surface area contributed by atoms with Crippen LogP contribution in [0.5, 0.6) is 0 Å². The van der Waals surface area contributed by atoms with Crippen molar-refractivity contribution in [3.05, 3.63) is 35.6 Å². The smallest absolute Gasteiger partial charge is 0.126 e. The Balaban J connectivity index is 1.73. The summed E-state index contributed by atoms with van der Waals surface area (Å²) in [4.78, 5) is 2.52. The van der Waals surface area contributed by atoms with Gasteiger partial charge in [0.1, 0.15) is 5.82 Å². The normalized spacial score (nSPS) is 33.1. The maximum Gasteiger partial charge on any atom is 0.126 e. The van der Waals surface area contributed by atoms with E-state index in [0.29, 0.717) is 18.0 Å². The van der Waals surface area contributed by atoms with E-state index in [1.165, 1.54) is 0 Å². The minimum absolute atomic E-state index is 0.0466. The summed E-state index contributed by atoms with van der Waals surface area (Å²) in [5.74, 6) is 0.312. The molecule has 0 saturated carbocycles. The molecule has 3 heteroatoms. The minimum atomic E-state index is -0.0466. The molecule has 2 aliphatic rings. The van der Waals surface area contributed by atoms with Gasteiger partial charge in [-0.1, -0.05) is 18.2 Å². The van der Waals surface area contributed by atoms with E-state index < -0.39 is 0 Å². The van der Waals surface area contributed by atoms with E-state index in [1.807, 2.05) is 12.1 Å². The maximum atomic E-state index is 13.8. The standard InChI is InChI=1S/C15H21FN2/c16-15-4-2-1-3-14(15)11-5-6-13-9-12(17)7-8-18(13)10-11/h1-4,11-13H,5-10,17H2/t11-,12+,13+/m1/s1. The van der Waals surface area contributed by atoms with Gasteiger partial charge in [0.25, 0.3) is 0 Å². The van der Waals surface area contributed by atoms with Crippen LogP contribution < -0.4 is 5.73 Å². The summed E-state index contributed by atoms with van der Waals surface area (Å²) in [6.07, 6.45) is 4.45. The average Bonchev–Trinajstić information content (AvgIpc) is 2.39. The van der Waals surface area contributed by atoms with Gasteiger partial charge in [-0.15, -0.1) is 0 Å². The Kier molecular flexibility index (Phi) is 3.35. The number of piperidine rings is 2. The van der Waals surface area contributed by atoms with Crippen LogP contribution in [0.25, 0.3) is 0 Å². The Bertz CT molecular complexity index is 421. The highest BCUT2D eigenvalue weighted by Crippen LogP contribution is 2.34. The van der Waals surface area contributed by atoms with E-state index in [4.69, 9.17) is 5.73 Å². The molecule has 2 nitrogen and oxygen atoms in total. The minimum Gasteiger partial charge on any atom is -0.328 e. The molecule has 3 rings (SSSR count). The predicted octanol–water partition coefficient (Wildman–Crippen LogP) is 2.49. The van der Waals surface area contributed by atoms with Gasteiger partial charge in [-0.3, -0.25) is 4.90 Å². The van der Waals surface area contributed by atoms with Crippen molar-refractivity contribution in [2.75, 3.05) is 13.1 Å². The van der Waals surface area contributed by atoms with E-state index in [0.717, 1.165) is 44.3 Å². The van der Waals surface area contributed by atoms with Crippen LogP contribution in [0.15, 0.2) is 24.3 Å². The second-order valence-corrected chi connectivity index (χ2v) is 5.73. The molecule has 98 valence electrons. The van der Waals surface area contributed by atoms with Gasteiger partial charge in [-0.05, 0) is 49.8 Å². The fourth-order valence-electron chi connectivity index (χ4n) is 3.50. The zero-order valence-corrected chi connectivity index (χ0v) is 10.7. The van der Waals surface area contributed by atoms with Gasteiger partial charge in [0.05, 0.1) is 0 Å². The largest absolute Gasteiger partial charge is 0.328 e. The molecule has 1 aromatic rings. The Morgan fingerprint density at radius 1 is 1.17 bits per heavy atom. The lowest BCUT2D eigenvalue weighted by Crippen LogP contribution is -2.50. The monoisotopic (exact) mass is 248 g/mol. The Morgan fingerprint density at radius 3 is 2.83 bits per heavy atom. The van der Waals surface area contributed by atoms with Gasteiger partial charge in [0, 0.05) is 18.6 Å². The fraction of sp³-hybridized carbons (Fsp3) is 0.600. The molecule has 3 atom stereocenters. The molecule has 0 radical (unpaired) electrons. The third-order valence-electron chi connectivity index (χ3n) is 4.53. The van der Waals surface area contributed by atoms with Crippen LogP contribution in [0.4, 0.5) is 4.39 Å². The topological polar surface area (TPSA) is 29.3 Å². The molecular formula is C15H21FN2. The number of hydrogen-bond acceptors (Lipinski definition) is 2. The van der Waals surface area contributed by atoms with Gasteiger partial charge < -0.3 is 5.73 Å². The summed E-state index contributed by atoms with van der Waals surface area (Å²) in [5, 5.41) is 0. The molecule has 0 aliphatic carbocycles. The summed E-state index contributed by atoms with van der Waals surface area (Å²) in [5.41, 5.74) is 6.92. The molecule has 1 aromatic carbocycles. The molecule has 2 N–H and O–H groups in total. The van der Waals surface area contributed by atoms with Gasteiger partial charge in [-0.25, -0.2) is 4.39 Å². The van der Waals surface area contributed by atoms with Crippen molar-refractivity contribution in [3.8, 4) is 0 Å². The van der Waals surface area contributed by atoms with Gasteiger partial charge in [-0.2, -0.15) is 0 Å². The summed E-state index contributed by atoms with van der Waals surface area (Å²) in [6.45, 7) is 2.08. The fourth-order valence-corrected chi connectivity index (χ4v) is 3.50. The van der Waals surface area contributed by atoms with Crippen molar-refractivity contribution in [1.82, 2.24) is 4.90 Å². The molecule has 0 bridgehead atoms. The molecule has 0 unspecified atom stereocenters. The van der Waals surface area contributed by atoms with Crippen molar-refractivity contribution >= 4 is 0 Å². The van der Waals surface area contributed by atoms with Crippen molar-refractivity contribution < 1.29 is 4.39 Å². The number of benzene rings is 1. The molecule has 2 aliphatic heterocycles. The molecule has 0 aromatic heterocycles. The molecule has 0 spiro atoms. The lowest BCUT2D eigenvalue weighted by molar-refractivity contribution is 0.0860. The number of rotatable bonds is 1. The van der Waals surface area contributed by atoms with E-state index in [1.54, 1.807) is 12.1 Å². The quantitative estimate of drug-likeness (QED) is 0.827. The SMILES string of the molecule is N[C@H]1CCN2C[C@H](c3ccccc3F)CC[C@H]2C1. The van der Waals surface area contributed by atoms with Crippen LogP contribution >= 0.6 is 0 Å². The lowest BCUT2D eigenvalue weighted by atomic mass is 9.83. The lowest BCUT2D eigenvalue weighted by Gasteiger charge is -2.44. The number of nitrogens with zero attached hydrogens (tertiary/aromatic N) is 1. The first-order chi connectivity index (χ1) is 8.74. The van der Waals surface area contributed by atoms with Crippen molar-refractivity contribution in [1.29, 1.82) is 0 Å². The average molecular weight is 248 g/mol. The van der Waals surface area contributed by atoms with Crippen molar-refractivity contribution in [2.45, 2.75) is 43.7 Å². The molecule has 2 fully saturated rings. The van der Waals surface area contributed by atoms with Crippen LogP contribution in [-0.2, 0) is 0 Å². The highest BCUT2D eigenvalue weighted by molar-refractivity contribution is 5.23.